The van der Waals surface area contributed by atoms with Gasteiger partial charge >= 0.3 is 0 Å². The van der Waals surface area contributed by atoms with Crippen LogP contribution in [0.5, 0.6) is 5.75 Å². The van der Waals surface area contributed by atoms with Crippen LogP contribution in [0.25, 0.3) is 0 Å². The van der Waals surface area contributed by atoms with E-state index in [1.807, 2.05) is 0 Å². The first-order valence-electron chi connectivity index (χ1n) is 6.89. The Morgan fingerprint density at radius 2 is 2.05 bits per heavy atom. The van der Waals surface area contributed by atoms with Crippen LogP contribution in [0.4, 0.5) is 0 Å². The Morgan fingerprint density at radius 3 is 2.57 bits per heavy atom. The van der Waals surface area contributed by atoms with Gasteiger partial charge in [-0.15, -0.1) is 0 Å². The van der Waals surface area contributed by atoms with Crippen molar-refractivity contribution in [1.82, 2.24) is 4.90 Å². The second kappa shape index (κ2) is 7.04. The number of primary amides is 1. The van der Waals surface area contributed by atoms with Gasteiger partial charge in [0.05, 0.1) is 18.1 Å². The number of rotatable bonds is 5. The molecule has 2 N–H and O–H groups in total. The molecule has 1 aliphatic heterocycles. The lowest BCUT2D eigenvalue weighted by Crippen LogP contribution is -2.40. The Bertz CT molecular complexity index is 540. The summed E-state index contributed by atoms with van der Waals surface area (Å²) in [6.07, 6.45) is 1.46. The Balaban J connectivity index is 1.93. The summed E-state index contributed by atoms with van der Waals surface area (Å²) in [6, 6.07) is 5.32. The number of piperidine rings is 1. The lowest BCUT2D eigenvalue weighted by Gasteiger charge is -2.29. The molecule has 21 heavy (non-hydrogen) atoms. The third-order valence-corrected chi connectivity index (χ3v) is 4.45. The number of halogens is 1. The van der Waals surface area contributed by atoms with Gasteiger partial charge in [-0.1, -0.05) is 0 Å². The standard InChI is InChI=1S/C15H19BrN2O3/c1-21-14-3-2-11(8-12(14)16)13(19)9-18-6-4-10(5-7-18)15(17)20/h2-3,8,10H,4-7,9H2,1H3,(H2,17,20). The van der Waals surface area contributed by atoms with Gasteiger partial charge < -0.3 is 10.5 Å². The van der Waals surface area contributed by atoms with Gasteiger partial charge in [0.25, 0.3) is 0 Å². The molecule has 1 aliphatic rings. The van der Waals surface area contributed by atoms with Crippen molar-refractivity contribution in [3.8, 4) is 5.75 Å². The number of hydrogen-bond donors (Lipinski definition) is 1. The molecule has 1 amide bonds. The second-order valence-corrected chi connectivity index (χ2v) is 6.08. The van der Waals surface area contributed by atoms with Crippen LogP contribution >= 0.6 is 15.9 Å². The zero-order valence-electron chi connectivity index (χ0n) is 12.0. The number of benzene rings is 1. The van der Waals surface area contributed by atoms with Crippen molar-refractivity contribution in [2.24, 2.45) is 11.7 Å². The van der Waals surface area contributed by atoms with E-state index in [-0.39, 0.29) is 17.6 Å². The van der Waals surface area contributed by atoms with Crippen molar-refractivity contribution < 1.29 is 14.3 Å². The summed E-state index contributed by atoms with van der Waals surface area (Å²) in [7, 11) is 1.59. The predicted octanol–water partition coefficient (Wildman–Crippen LogP) is 1.84. The van der Waals surface area contributed by atoms with Crippen LogP contribution in [0.1, 0.15) is 23.2 Å². The third kappa shape index (κ3) is 4.04. The number of carbonyl (C=O) groups excluding carboxylic acids is 2. The lowest BCUT2D eigenvalue weighted by atomic mass is 9.96. The highest BCUT2D eigenvalue weighted by atomic mass is 79.9. The molecule has 1 aromatic carbocycles. The number of amides is 1. The van der Waals surface area contributed by atoms with Gasteiger partial charge in [0, 0.05) is 11.5 Å². The maximum absolute atomic E-state index is 12.3. The monoisotopic (exact) mass is 354 g/mol. The summed E-state index contributed by atoms with van der Waals surface area (Å²) in [4.78, 5) is 25.5. The predicted molar refractivity (Wildman–Crippen MR) is 83.4 cm³/mol. The average molecular weight is 355 g/mol. The molecule has 0 aliphatic carbocycles. The summed E-state index contributed by atoms with van der Waals surface area (Å²) in [5.74, 6) is 0.483. The molecule has 1 fully saturated rings. The fraction of sp³-hybridized carbons (Fsp3) is 0.467. The van der Waals surface area contributed by atoms with Crippen LogP contribution in [0.3, 0.4) is 0 Å². The molecule has 6 heteroatoms. The molecule has 114 valence electrons. The van der Waals surface area contributed by atoms with E-state index in [4.69, 9.17) is 10.5 Å². The normalized spacial score (nSPS) is 16.7. The van der Waals surface area contributed by atoms with Crippen LogP contribution in [0.15, 0.2) is 22.7 Å². The topological polar surface area (TPSA) is 72.6 Å². The van der Waals surface area contributed by atoms with E-state index >= 15 is 0 Å². The first-order valence-corrected chi connectivity index (χ1v) is 7.69. The molecule has 2 rings (SSSR count). The fourth-order valence-electron chi connectivity index (χ4n) is 2.51. The van der Waals surface area contributed by atoms with E-state index in [1.165, 1.54) is 0 Å². The van der Waals surface area contributed by atoms with Crippen LogP contribution in [0.2, 0.25) is 0 Å². The number of Topliss-reactive ketones (excluding diaryl/α,β-unsaturated/α-hetero) is 1. The number of ketones is 1. The summed E-state index contributed by atoms with van der Waals surface area (Å²) in [5.41, 5.74) is 5.96. The Hall–Kier alpha value is -1.40. The van der Waals surface area contributed by atoms with Crippen molar-refractivity contribution in [3.05, 3.63) is 28.2 Å². The third-order valence-electron chi connectivity index (χ3n) is 3.83. The first-order chi connectivity index (χ1) is 10.0. The molecule has 5 nitrogen and oxygen atoms in total. The Labute approximate surface area is 132 Å². The van der Waals surface area contributed by atoms with Gasteiger partial charge in [-0.05, 0) is 60.1 Å². The minimum absolute atomic E-state index is 0.0496. The zero-order valence-corrected chi connectivity index (χ0v) is 13.6. The highest BCUT2D eigenvalue weighted by Crippen LogP contribution is 2.26. The van der Waals surface area contributed by atoms with Crippen LogP contribution < -0.4 is 10.5 Å². The maximum Gasteiger partial charge on any atom is 0.220 e. The number of ether oxygens (including phenoxy) is 1. The number of likely N-dealkylation sites (tertiary alicyclic amines) is 1. The molecule has 0 unspecified atom stereocenters. The minimum Gasteiger partial charge on any atom is -0.496 e. The molecule has 0 atom stereocenters. The van der Waals surface area contributed by atoms with E-state index in [1.54, 1.807) is 25.3 Å². The van der Waals surface area contributed by atoms with Gasteiger partial charge in [-0.3, -0.25) is 14.5 Å². The summed E-state index contributed by atoms with van der Waals surface area (Å²) in [5, 5.41) is 0. The van der Waals surface area contributed by atoms with Crippen molar-refractivity contribution >= 4 is 27.6 Å². The maximum atomic E-state index is 12.3. The van der Waals surface area contributed by atoms with Crippen molar-refractivity contribution in [3.63, 3.8) is 0 Å². The van der Waals surface area contributed by atoms with Crippen LogP contribution in [0, 0.1) is 5.92 Å². The average Bonchev–Trinajstić information content (AvgIpc) is 2.47. The van der Waals surface area contributed by atoms with Crippen molar-refractivity contribution in [2.75, 3.05) is 26.7 Å². The van der Waals surface area contributed by atoms with Gasteiger partial charge in [0.1, 0.15) is 5.75 Å². The number of nitrogens with two attached hydrogens (primary N) is 1. The summed E-state index contributed by atoms with van der Waals surface area (Å²) >= 11 is 3.38. The zero-order chi connectivity index (χ0) is 15.4. The molecule has 1 aromatic rings. The van der Waals surface area contributed by atoms with Crippen LogP contribution in [-0.2, 0) is 4.79 Å². The molecule has 0 spiro atoms. The molecule has 1 heterocycles. The molecule has 0 radical (unpaired) electrons. The van der Waals surface area contributed by atoms with Crippen molar-refractivity contribution in [2.45, 2.75) is 12.8 Å². The Kier molecular flexibility index (Phi) is 5.36. The minimum atomic E-state index is -0.236. The van der Waals surface area contributed by atoms with E-state index in [0.29, 0.717) is 17.9 Å². The number of hydrogen-bond acceptors (Lipinski definition) is 4. The number of nitrogens with zero attached hydrogens (tertiary/aromatic N) is 1. The molecular weight excluding hydrogens is 336 g/mol. The molecule has 0 bridgehead atoms. The van der Waals surface area contributed by atoms with Gasteiger partial charge in [-0.25, -0.2) is 0 Å². The molecule has 1 saturated heterocycles. The largest absolute Gasteiger partial charge is 0.496 e. The van der Waals surface area contributed by atoms with Crippen LogP contribution in [-0.4, -0.2) is 43.3 Å². The highest BCUT2D eigenvalue weighted by Gasteiger charge is 2.24. The van der Waals surface area contributed by atoms with E-state index < -0.39 is 0 Å². The Morgan fingerprint density at radius 1 is 1.38 bits per heavy atom. The van der Waals surface area contributed by atoms with E-state index in [2.05, 4.69) is 20.8 Å². The van der Waals surface area contributed by atoms with Gasteiger partial charge in [0.15, 0.2) is 5.78 Å². The SMILES string of the molecule is COc1ccc(C(=O)CN2CCC(C(N)=O)CC2)cc1Br. The fourth-order valence-corrected chi connectivity index (χ4v) is 3.05. The summed E-state index contributed by atoms with van der Waals surface area (Å²) in [6.45, 7) is 1.83. The number of methoxy groups -OCH3 is 1. The van der Waals surface area contributed by atoms with E-state index in [0.717, 1.165) is 30.4 Å². The number of carbonyl (C=O) groups is 2. The van der Waals surface area contributed by atoms with Gasteiger partial charge in [0.2, 0.25) is 5.91 Å². The first kappa shape index (κ1) is 16.0. The highest BCUT2D eigenvalue weighted by molar-refractivity contribution is 9.10. The summed E-state index contributed by atoms with van der Waals surface area (Å²) < 4.78 is 5.92. The van der Waals surface area contributed by atoms with Crippen molar-refractivity contribution in [1.29, 1.82) is 0 Å². The lowest BCUT2D eigenvalue weighted by molar-refractivity contribution is -0.123. The molecule has 0 saturated carbocycles. The quantitative estimate of drug-likeness (QED) is 0.818. The van der Waals surface area contributed by atoms with E-state index in [9.17, 15) is 9.59 Å². The molecular formula is C15H19BrN2O3. The molecule has 0 aromatic heterocycles. The van der Waals surface area contributed by atoms with Gasteiger partial charge in [-0.2, -0.15) is 0 Å². The smallest absolute Gasteiger partial charge is 0.220 e. The second-order valence-electron chi connectivity index (χ2n) is 5.23.